The quantitative estimate of drug-likeness (QED) is 0.811. The molecule has 0 unspecified atom stereocenters. The predicted molar refractivity (Wildman–Crippen MR) is 56.0 cm³/mol. The molecule has 1 atom stereocenters. The molecule has 0 spiro atoms. The summed E-state index contributed by atoms with van der Waals surface area (Å²) in [5.74, 6) is 0. The molecule has 0 aliphatic heterocycles. The third-order valence-electron chi connectivity index (χ3n) is 1.57. The molecule has 12 heavy (non-hydrogen) atoms. The van der Waals surface area contributed by atoms with Gasteiger partial charge in [0.15, 0.2) is 0 Å². The number of pyridine rings is 1. The Morgan fingerprint density at radius 1 is 1.33 bits per heavy atom. The molecule has 0 radical (unpaired) electrons. The first-order valence-corrected chi connectivity index (χ1v) is 3.50. The summed E-state index contributed by atoms with van der Waals surface area (Å²) in [6.07, 6.45) is 4.51. The fourth-order valence-electron chi connectivity index (χ4n) is 0.846. The van der Waals surface area contributed by atoms with Crippen LogP contribution < -0.4 is 5.73 Å². The highest BCUT2D eigenvalue weighted by molar-refractivity contribution is 5.85. The highest BCUT2D eigenvalue weighted by Gasteiger charge is 1.99. The van der Waals surface area contributed by atoms with Crippen LogP contribution in [0.5, 0.6) is 0 Å². The van der Waals surface area contributed by atoms with E-state index in [0.29, 0.717) is 0 Å². The number of hydrogen-bond acceptors (Lipinski definition) is 2. The molecule has 0 aliphatic carbocycles. The maximum absolute atomic E-state index is 5.77. The Bertz CT molecular complexity index is 192. The van der Waals surface area contributed by atoms with Gasteiger partial charge in [-0.15, -0.1) is 24.8 Å². The van der Waals surface area contributed by atoms with Gasteiger partial charge >= 0.3 is 0 Å². The Morgan fingerprint density at radius 2 is 1.83 bits per heavy atom. The third kappa shape index (κ3) is 3.90. The van der Waals surface area contributed by atoms with Gasteiger partial charge in [0.2, 0.25) is 0 Å². The monoisotopic (exact) mass is 208 g/mol. The summed E-state index contributed by atoms with van der Waals surface area (Å²) in [5, 5.41) is 0. The predicted octanol–water partition coefficient (Wildman–Crippen LogP) is 2.34. The number of nitrogens with zero attached hydrogens (tertiary/aromatic N) is 1. The van der Waals surface area contributed by atoms with Gasteiger partial charge in [0, 0.05) is 18.4 Å². The van der Waals surface area contributed by atoms with E-state index in [2.05, 4.69) is 11.9 Å². The summed E-state index contributed by atoms with van der Waals surface area (Å²) in [6.45, 7) is 2.07. The first-order valence-electron chi connectivity index (χ1n) is 3.50. The van der Waals surface area contributed by atoms with E-state index in [1.54, 1.807) is 12.4 Å². The number of nitrogens with two attached hydrogens (primary N) is 1. The summed E-state index contributed by atoms with van der Waals surface area (Å²) in [4.78, 5) is 3.91. The van der Waals surface area contributed by atoms with E-state index in [9.17, 15) is 0 Å². The minimum Gasteiger partial charge on any atom is -0.324 e. The van der Waals surface area contributed by atoms with Gasteiger partial charge in [0.05, 0.1) is 0 Å². The van der Waals surface area contributed by atoms with E-state index in [1.807, 2.05) is 12.1 Å². The van der Waals surface area contributed by atoms with Gasteiger partial charge in [-0.1, -0.05) is 6.92 Å². The summed E-state index contributed by atoms with van der Waals surface area (Å²) in [6, 6.07) is 4.07. The van der Waals surface area contributed by atoms with Gasteiger partial charge < -0.3 is 5.73 Å². The summed E-state index contributed by atoms with van der Waals surface area (Å²) >= 11 is 0. The van der Waals surface area contributed by atoms with E-state index in [-0.39, 0.29) is 30.9 Å². The highest BCUT2D eigenvalue weighted by Crippen LogP contribution is 2.10. The van der Waals surface area contributed by atoms with E-state index in [1.165, 1.54) is 0 Å². The highest BCUT2D eigenvalue weighted by atomic mass is 35.5. The Labute approximate surface area is 85.4 Å². The van der Waals surface area contributed by atoms with Crippen molar-refractivity contribution in [3.05, 3.63) is 30.1 Å². The number of rotatable bonds is 2. The van der Waals surface area contributed by atoms with Crippen LogP contribution >= 0.6 is 24.8 Å². The van der Waals surface area contributed by atoms with Crippen LogP contribution in [0.3, 0.4) is 0 Å². The Hall–Kier alpha value is -0.310. The molecule has 70 valence electrons. The minimum atomic E-state index is 0. The van der Waals surface area contributed by atoms with Crippen LogP contribution in [0.25, 0.3) is 0 Å². The van der Waals surface area contributed by atoms with E-state index in [4.69, 9.17) is 5.73 Å². The van der Waals surface area contributed by atoms with Gasteiger partial charge in [0.1, 0.15) is 0 Å². The van der Waals surface area contributed by atoms with Crippen LogP contribution in [-0.2, 0) is 0 Å². The Kier molecular flexibility index (Phi) is 8.71. The molecule has 2 nitrogen and oxygen atoms in total. The Morgan fingerprint density at radius 3 is 2.25 bits per heavy atom. The molecular weight excluding hydrogens is 195 g/mol. The fraction of sp³-hybridized carbons (Fsp3) is 0.375. The fourth-order valence-corrected chi connectivity index (χ4v) is 0.846. The van der Waals surface area contributed by atoms with Gasteiger partial charge in [-0.05, 0) is 24.1 Å². The molecule has 1 aromatic heterocycles. The molecule has 1 heterocycles. The molecule has 0 aromatic carbocycles. The number of halogens is 2. The molecule has 2 N–H and O–H groups in total. The molecule has 4 heteroatoms. The second-order valence-electron chi connectivity index (χ2n) is 2.30. The minimum absolute atomic E-state index is 0. The topological polar surface area (TPSA) is 38.9 Å². The SMILES string of the molecule is CC[C@H](N)c1ccncc1.Cl.Cl. The average molecular weight is 209 g/mol. The van der Waals surface area contributed by atoms with Crippen molar-refractivity contribution in [2.24, 2.45) is 5.73 Å². The second kappa shape index (κ2) is 7.35. The lowest BCUT2D eigenvalue weighted by Crippen LogP contribution is -2.07. The molecule has 1 aromatic rings. The molecule has 0 fully saturated rings. The van der Waals surface area contributed by atoms with E-state index < -0.39 is 0 Å². The lowest BCUT2D eigenvalue weighted by molar-refractivity contribution is 0.697. The summed E-state index contributed by atoms with van der Waals surface area (Å²) < 4.78 is 0. The molecular formula is C8H14Cl2N2. The van der Waals surface area contributed by atoms with Crippen molar-refractivity contribution in [3.63, 3.8) is 0 Å². The zero-order chi connectivity index (χ0) is 7.40. The van der Waals surface area contributed by atoms with Crippen molar-refractivity contribution in [1.29, 1.82) is 0 Å². The summed E-state index contributed by atoms with van der Waals surface area (Å²) in [5.41, 5.74) is 6.93. The Balaban J connectivity index is 0. The van der Waals surface area contributed by atoms with Crippen LogP contribution in [-0.4, -0.2) is 4.98 Å². The maximum Gasteiger partial charge on any atom is 0.0293 e. The van der Waals surface area contributed by atoms with E-state index >= 15 is 0 Å². The molecule has 0 aliphatic rings. The maximum atomic E-state index is 5.77. The molecule has 1 rings (SSSR count). The number of hydrogen-bond donors (Lipinski definition) is 1. The van der Waals surface area contributed by atoms with Gasteiger partial charge in [-0.2, -0.15) is 0 Å². The average Bonchev–Trinajstić information content (AvgIpc) is 2.05. The van der Waals surface area contributed by atoms with E-state index in [0.717, 1.165) is 12.0 Å². The standard InChI is InChI=1S/C8H12N2.2ClH/c1-2-8(9)7-3-5-10-6-4-7;;/h3-6,8H,2,9H2,1H3;2*1H/t8-;;/m0../s1. The smallest absolute Gasteiger partial charge is 0.0293 e. The lowest BCUT2D eigenvalue weighted by atomic mass is 10.1. The van der Waals surface area contributed by atoms with Crippen molar-refractivity contribution in [2.75, 3.05) is 0 Å². The zero-order valence-corrected chi connectivity index (χ0v) is 8.57. The normalized spacial score (nSPS) is 10.8. The van der Waals surface area contributed by atoms with Crippen LogP contribution in [0, 0.1) is 0 Å². The number of aromatic nitrogens is 1. The van der Waals surface area contributed by atoms with Gasteiger partial charge in [-0.25, -0.2) is 0 Å². The molecule has 0 saturated heterocycles. The van der Waals surface area contributed by atoms with Crippen molar-refractivity contribution >= 4 is 24.8 Å². The lowest BCUT2D eigenvalue weighted by Gasteiger charge is -2.06. The van der Waals surface area contributed by atoms with Crippen LogP contribution in [0.1, 0.15) is 24.9 Å². The largest absolute Gasteiger partial charge is 0.324 e. The van der Waals surface area contributed by atoms with Crippen molar-refractivity contribution in [2.45, 2.75) is 19.4 Å². The van der Waals surface area contributed by atoms with Crippen molar-refractivity contribution in [3.8, 4) is 0 Å². The second-order valence-corrected chi connectivity index (χ2v) is 2.30. The molecule has 0 saturated carbocycles. The van der Waals surface area contributed by atoms with Gasteiger partial charge in [0.25, 0.3) is 0 Å². The summed E-state index contributed by atoms with van der Waals surface area (Å²) in [7, 11) is 0. The van der Waals surface area contributed by atoms with Crippen molar-refractivity contribution in [1.82, 2.24) is 4.98 Å². The van der Waals surface area contributed by atoms with Crippen LogP contribution in [0.15, 0.2) is 24.5 Å². The zero-order valence-electron chi connectivity index (χ0n) is 6.93. The third-order valence-corrected chi connectivity index (χ3v) is 1.57. The van der Waals surface area contributed by atoms with Gasteiger partial charge in [-0.3, -0.25) is 4.98 Å². The first-order chi connectivity index (χ1) is 4.84. The molecule has 0 bridgehead atoms. The van der Waals surface area contributed by atoms with Crippen LogP contribution in [0.2, 0.25) is 0 Å². The first kappa shape index (κ1) is 14.2. The van der Waals surface area contributed by atoms with Crippen LogP contribution in [0.4, 0.5) is 0 Å². The molecule has 0 amide bonds. The van der Waals surface area contributed by atoms with Crippen molar-refractivity contribution < 1.29 is 0 Å².